The summed E-state index contributed by atoms with van der Waals surface area (Å²) in [5.41, 5.74) is 5.48. The van der Waals surface area contributed by atoms with E-state index in [4.69, 9.17) is 10.6 Å². The SMILES string of the molecule is CCN(C)CCN1OCC(N)C1=O. The molecule has 0 aromatic rings. The summed E-state index contributed by atoms with van der Waals surface area (Å²) >= 11 is 0. The molecule has 0 spiro atoms. The van der Waals surface area contributed by atoms with Gasteiger partial charge in [-0.2, -0.15) is 0 Å². The van der Waals surface area contributed by atoms with E-state index in [0.717, 1.165) is 13.1 Å². The molecule has 1 atom stereocenters. The average Bonchev–Trinajstić information content (AvgIpc) is 2.44. The Bertz CT molecular complexity index is 186. The van der Waals surface area contributed by atoms with Gasteiger partial charge >= 0.3 is 0 Å². The molecule has 5 nitrogen and oxygen atoms in total. The second-order valence-corrected chi connectivity index (χ2v) is 3.24. The third-order valence-electron chi connectivity index (χ3n) is 2.20. The van der Waals surface area contributed by atoms with Crippen molar-refractivity contribution in [2.24, 2.45) is 5.73 Å². The molecule has 0 aromatic heterocycles. The van der Waals surface area contributed by atoms with Crippen LogP contribution in [0.1, 0.15) is 6.92 Å². The Hall–Kier alpha value is -0.650. The maximum atomic E-state index is 11.3. The van der Waals surface area contributed by atoms with E-state index in [0.29, 0.717) is 13.2 Å². The van der Waals surface area contributed by atoms with Crippen LogP contribution < -0.4 is 5.73 Å². The zero-order valence-corrected chi connectivity index (χ0v) is 8.19. The van der Waals surface area contributed by atoms with E-state index in [-0.39, 0.29) is 5.91 Å². The van der Waals surface area contributed by atoms with Gasteiger partial charge in [0.1, 0.15) is 6.04 Å². The molecule has 2 N–H and O–H groups in total. The smallest absolute Gasteiger partial charge is 0.265 e. The van der Waals surface area contributed by atoms with Crippen molar-refractivity contribution in [2.45, 2.75) is 13.0 Å². The number of amides is 1. The molecule has 5 heteroatoms. The molecule has 1 unspecified atom stereocenters. The first-order chi connectivity index (χ1) is 6.15. The van der Waals surface area contributed by atoms with Gasteiger partial charge in [0.2, 0.25) is 0 Å². The minimum atomic E-state index is -0.466. The molecular formula is C8H17N3O2. The van der Waals surface area contributed by atoms with Crippen LogP contribution in [0.2, 0.25) is 0 Å². The third-order valence-corrected chi connectivity index (χ3v) is 2.20. The predicted molar refractivity (Wildman–Crippen MR) is 48.8 cm³/mol. The van der Waals surface area contributed by atoms with Crippen LogP contribution in [0.15, 0.2) is 0 Å². The van der Waals surface area contributed by atoms with Gasteiger partial charge in [-0.3, -0.25) is 9.63 Å². The summed E-state index contributed by atoms with van der Waals surface area (Å²) in [6.07, 6.45) is 0. The molecular weight excluding hydrogens is 170 g/mol. The number of nitrogens with two attached hydrogens (primary N) is 1. The minimum absolute atomic E-state index is 0.107. The summed E-state index contributed by atoms with van der Waals surface area (Å²) in [6.45, 7) is 4.76. The van der Waals surface area contributed by atoms with Crippen LogP contribution in [0.5, 0.6) is 0 Å². The van der Waals surface area contributed by atoms with Gasteiger partial charge in [0.25, 0.3) is 5.91 Å². The summed E-state index contributed by atoms with van der Waals surface area (Å²) < 4.78 is 0. The van der Waals surface area contributed by atoms with Crippen molar-refractivity contribution >= 4 is 5.91 Å². The standard InChI is InChI=1S/C8H17N3O2/c1-3-10(2)4-5-11-8(12)7(9)6-13-11/h7H,3-6,9H2,1-2H3. The normalized spacial score (nSPS) is 23.2. The molecule has 1 fully saturated rings. The Morgan fingerprint density at radius 2 is 2.46 bits per heavy atom. The van der Waals surface area contributed by atoms with E-state index in [1.165, 1.54) is 5.06 Å². The van der Waals surface area contributed by atoms with Crippen LogP contribution in [0.25, 0.3) is 0 Å². The number of carbonyl (C=O) groups is 1. The van der Waals surface area contributed by atoms with Crippen molar-refractivity contribution in [3.05, 3.63) is 0 Å². The van der Waals surface area contributed by atoms with Gasteiger partial charge in [0, 0.05) is 6.54 Å². The molecule has 0 radical (unpaired) electrons. The summed E-state index contributed by atoms with van der Waals surface area (Å²) in [5, 5.41) is 1.36. The fourth-order valence-corrected chi connectivity index (χ4v) is 1.08. The van der Waals surface area contributed by atoms with Crippen LogP contribution in [0.3, 0.4) is 0 Å². The van der Waals surface area contributed by atoms with Crippen molar-refractivity contribution in [2.75, 3.05) is 33.3 Å². The Kier molecular flexibility index (Phi) is 3.65. The third kappa shape index (κ3) is 2.65. The highest BCUT2D eigenvalue weighted by Gasteiger charge is 2.29. The lowest BCUT2D eigenvalue weighted by Gasteiger charge is -2.18. The van der Waals surface area contributed by atoms with E-state index in [9.17, 15) is 4.79 Å². The number of likely N-dealkylation sites (N-methyl/N-ethyl adjacent to an activating group) is 1. The van der Waals surface area contributed by atoms with Gasteiger partial charge in [-0.15, -0.1) is 0 Å². The van der Waals surface area contributed by atoms with Gasteiger partial charge in [-0.05, 0) is 13.6 Å². The monoisotopic (exact) mass is 187 g/mol. The molecule has 1 amide bonds. The topological polar surface area (TPSA) is 58.8 Å². The number of nitrogens with zero attached hydrogens (tertiary/aromatic N) is 2. The zero-order valence-electron chi connectivity index (χ0n) is 8.19. The molecule has 0 saturated carbocycles. The second kappa shape index (κ2) is 4.55. The average molecular weight is 187 g/mol. The summed E-state index contributed by atoms with van der Waals surface area (Å²) in [7, 11) is 2.00. The van der Waals surface area contributed by atoms with E-state index in [1.807, 2.05) is 7.05 Å². The second-order valence-electron chi connectivity index (χ2n) is 3.24. The fraction of sp³-hybridized carbons (Fsp3) is 0.875. The van der Waals surface area contributed by atoms with Crippen LogP contribution in [0.4, 0.5) is 0 Å². The first-order valence-electron chi connectivity index (χ1n) is 4.53. The van der Waals surface area contributed by atoms with Crippen molar-refractivity contribution in [1.82, 2.24) is 9.96 Å². The van der Waals surface area contributed by atoms with Crippen LogP contribution in [0, 0.1) is 0 Å². The molecule has 13 heavy (non-hydrogen) atoms. The molecule has 76 valence electrons. The molecule has 0 bridgehead atoms. The molecule has 0 aliphatic carbocycles. The number of hydrogen-bond donors (Lipinski definition) is 1. The molecule has 1 heterocycles. The largest absolute Gasteiger partial charge is 0.318 e. The molecule has 1 aliphatic heterocycles. The molecule has 1 aliphatic rings. The highest BCUT2D eigenvalue weighted by molar-refractivity contribution is 5.82. The number of carbonyl (C=O) groups excluding carboxylic acids is 1. The lowest BCUT2D eigenvalue weighted by molar-refractivity contribution is -0.162. The molecule has 0 aromatic carbocycles. The van der Waals surface area contributed by atoms with Crippen molar-refractivity contribution in [1.29, 1.82) is 0 Å². The minimum Gasteiger partial charge on any atom is -0.318 e. The van der Waals surface area contributed by atoms with Crippen molar-refractivity contribution in [3.63, 3.8) is 0 Å². The maximum absolute atomic E-state index is 11.3. The molecule has 1 saturated heterocycles. The first kappa shape index (κ1) is 10.4. The van der Waals surface area contributed by atoms with E-state index in [1.54, 1.807) is 0 Å². The number of hydrogen-bond acceptors (Lipinski definition) is 4. The van der Waals surface area contributed by atoms with Gasteiger partial charge in [-0.1, -0.05) is 6.92 Å². The van der Waals surface area contributed by atoms with Crippen molar-refractivity contribution < 1.29 is 9.63 Å². The summed E-state index contributed by atoms with van der Waals surface area (Å²) in [6, 6.07) is -0.466. The van der Waals surface area contributed by atoms with E-state index < -0.39 is 6.04 Å². The first-order valence-corrected chi connectivity index (χ1v) is 4.53. The van der Waals surface area contributed by atoms with Crippen molar-refractivity contribution in [3.8, 4) is 0 Å². The van der Waals surface area contributed by atoms with Crippen LogP contribution >= 0.6 is 0 Å². The quantitative estimate of drug-likeness (QED) is 0.616. The number of rotatable bonds is 4. The molecule has 1 rings (SSSR count). The lowest BCUT2D eigenvalue weighted by Crippen LogP contribution is -2.38. The lowest BCUT2D eigenvalue weighted by atomic mass is 10.3. The Morgan fingerprint density at radius 3 is 2.92 bits per heavy atom. The van der Waals surface area contributed by atoms with Gasteiger partial charge < -0.3 is 10.6 Å². The summed E-state index contributed by atoms with van der Waals surface area (Å²) in [4.78, 5) is 18.5. The Labute approximate surface area is 78.4 Å². The Balaban J connectivity index is 2.26. The van der Waals surface area contributed by atoms with E-state index >= 15 is 0 Å². The summed E-state index contributed by atoms with van der Waals surface area (Å²) in [5.74, 6) is -0.107. The van der Waals surface area contributed by atoms with Gasteiger partial charge in [0.05, 0.1) is 13.2 Å². The highest BCUT2D eigenvalue weighted by atomic mass is 16.7. The van der Waals surface area contributed by atoms with Gasteiger partial charge in [0.15, 0.2) is 0 Å². The van der Waals surface area contributed by atoms with E-state index in [2.05, 4.69) is 11.8 Å². The predicted octanol–water partition coefficient (Wildman–Crippen LogP) is -0.961. The maximum Gasteiger partial charge on any atom is 0.265 e. The van der Waals surface area contributed by atoms with Crippen LogP contribution in [-0.2, 0) is 9.63 Å². The highest BCUT2D eigenvalue weighted by Crippen LogP contribution is 2.05. The fourth-order valence-electron chi connectivity index (χ4n) is 1.08. The Morgan fingerprint density at radius 1 is 1.77 bits per heavy atom. The number of hydroxylamine groups is 2. The van der Waals surface area contributed by atoms with Gasteiger partial charge in [-0.25, -0.2) is 5.06 Å². The van der Waals surface area contributed by atoms with Crippen LogP contribution in [-0.4, -0.2) is 55.2 Å². The zero-order chi connectivity index (χ0) is 9.84.